The highest BCUT2D eigenvalue weighted by Crippen LogP contribution is 2.01. The summed E-state index contributed by atoms with van der Waals surface area (Å²) < 4.78 is 0. The van der Waals surface area contributed by atoms with Crippen LogP contribution in [0.2, 0.25) is 0 Å². The van der Waals surface area contributed by atoms with Gasteiger partial charge in [-0.1, -0.05) is 35.5 Å². The molecular formula is C12H17N3O2. The zero-order chi connectivity index (χ0) is 12.7. The summed E-state index contributed by atoms with van der Waals surface area (Å²) in [6.45, 7) is 1.25. The first kappa shape index (κ1) is 13.2. The molecule has 0 saturated heterocycles. The molecule has 1 aromatic rings. The molecule has 0 aromatic heterocycles. The number of hydrogen-bond acceptors (Lipinski definition) is 4. The maximum atomic E-state index is 11.7. The average molecular weight is 235 g/mol. The third kappa shape index (κ3) is 4.24. The number of nitrogens with zero attached hydrogens (tertiary/aromatic N) is 2. The molecular weight excluding hydrogens is 218 g/mol. The first-order valence-electron chi connectivity index (χ1n) is 5.35. The van der Waals surface area contributed by atoms with Crippen molar-refractivity contribution in [2.75, 3.05) is 27.2 Å². The second-order valence-electron chi connectivity index (χ2n) is 3.87. The summed E-state index contributed by atoms with van der Waals surface area (Å²) in [5, 5.41) is 14.6. The number of amides is 1. The van der Waals surface area contributed by atoms with Crippen LogP contribution in [0.25, 0.3) is 0 Å². The Kier molecular flexibility index (Phi) is 5.16. The van der Waals surface area contributed by atoms with E-state index in [4.69, 9.17) is 5.21 Å². The molecule has 0 atom stereocenters. The van der Waals surface area contributed by atoms with Gasteiger partial charge in [0.25, 0.3) is 5.91 Å². The van der Waals surface area contributed by atoms with Gasteiger partial charge in [-0.3, -0.25) is 4.79 Å². The van der Waals surface area contributed by atoms with E-state index >= 15 is 0 Å². The lowest BCUT2D eigenvalue weighted by atomic mass is 10.1. The number of hydrogen-bond donors (Lipinski definition) is 2. The monoisotopic (exact) mass is 235 g/mol. The largest absolute Gasteiger partial charge is 0.410 e. The number of oxime groups is 1. The van der Waals surface area contributed by atoms with Gasteiger partial charge in [-0.2, -0.15) is 0 Å². The van der Waals surface area contributed by atoms with Crippen LogP contribution < -0.4 is 5.32 Å². The van der Waals surface area contributed by atoms with Gasteiger partial charge in [0.2, 0.25) is 0 Å². The lowest BCUT2D eigenvalue weighted by molar-refractivity contribution is -0.114. The van der Waals surface area contributed by atoms with Crippen molar-refractivity contribution in [1.29, 1.82) is 0 Å². The first-order valence-corrected chi connectivity index (χ1v) is 5.35. The molecule has 1 amide bonds. The van der Waals surface area contributed by atoms with Crippen molar-refractivity contribution in [1.82, 2.24) is 10.2 Å². The van der Waals surface area contributed by atoms with Gasteiger partial charge in [0.1, 0.15) is 0 Å². The maximum Gasteiger partial charge on any atom is 0.273 e. The van der Waals surface area contributed by atoms with E-state index in [1.807, 2.05) is 25.1 Å². The lowest BCUT2D eigenvalue weighted by Crippen LogP contribution is -2.36. The molecule has 92 valence electrons. The van der Waals surface area contributed by atoms with E-state index in [9.17, 15) is 4.79 Å². The summed E-state index contributed by atoms with van der Waals surface area (Å²) in [5.41, 5.74) is 0.627. The summed E-state index contributed by atoms with van der Waals surface area (Å²) in [4.78, 5) is 13.7. The van der Waals surface area contributed by atoms with E-state index in [2.05, 4.69) is 10.5 Å². The Morgan fingerprint density at radius 2 is 2.00 bits per heavy atom. The molecule has 5 nitrogen and oxygen atoms in total. The Morgan fingerprint density at radius 1 is 1.35 bits per heavy atom. The lowest BCUT2D eigenvalue weighted by Gasteiger charge is -2.10. The predicted molar refractivity (Wildman–Crippen MR) is 66.3 cm³/mol. The standard InChI is InChI=1S/C12H17N3O2/c1-15(2)9-8-13-12(16)11(14-17)10-6-4-3-5-7-10/h3-7,17H,8-9H2,1-2H3,(H,13,16). The molecule has 1 rings (SSSR count). The number of benzene rings is 1. The van der Waals surface area contributed by atoms with Crippen LogP contribution in [0.5, 0.6) is 0 Å². The van der Waals surface area contributed by atoms with Crippen molar-refractivity contribution < 1.29 is 10.0 Å². The molecule has 0 aliphatic carbocycles. The summed E-state index contributed by atoms with van der Waals surface area (Å²) in [7, 11) is 3.84. The molecule has 0 bridgehead atoms. The van der Waals surface area contributed by atoms with Gasteiger partial charge in [0.05, 0.1) is 0 Å². The Hall–Kier alpha value is -1.88. The van der Waals surface area contributed by atoms with Crippen molar-refractivity contribution in [3.63, 3.8) is 0 Å². The minimum absolute atomic E-state index is 0.0318. The van der Waals surface area contributed by atoms with Gasteiger partial charge in [-0.05, 0) is 14.1 Å². The topological polar surface area (TPSA) is 64.9 Å². The molecule has 0 radical (unpaired) electrons. The van der Waals surface area contributed by atoms with Gasteiger partial charge >= 0.3 is 0 Å². The Balaban J connectivity index is 2.61. The van der Waals surface area contributed by atoms with Crippen molar-refractivity contribution in [3.8, 4) is 0 Å². The average Bonchev–Trinajstić information content (AvgIpc) is 2.31. The zero-order valence-corrected chi connectivity index (χ0v) is 10.1. The van der Waals surface area contributed by atoms with Crippen LogP contribution >= 0.6 is 0 Å². The Labute approximate surface area is 101 Å². The van der Waals surface area contributed by atoms with Crippen LogP contribution in [0.15, 0.2) is 35.5 Å². The normalized spacial score (nSPS) is 11.6. The van der Waals surface area contributed by atoms with Crippen LogP contribution in [-0.2, 0) is 4.79 Å². The van der Waals surface area contributed by atoms with E-state index in [0.29, 0.717) is 12.1 Å². The number of nitrogens with one attached hydrogen (secondary N) is 1. The van der Waals surface area contributed by atoms with Crippen LogP contribution in [0.3, 0.4) is 0 Å². The minimum Gasteiger partial charge on any atom is -0.410 e. The third-order valence-electron chi connectivity index (χ3n) is 2.21. The van der Waals surface area contributed by atoms with Gasteiger partial charge in [0.15, 0.2) is 5.71 Å². The molecule has 0 saturated carbocycles. The molecule has 0 fully saturated rings. The van der Waals surface area contributed by atoms with Crippen LogP contribution in [0.4, 0.5) is 0 Å². The number of carbonyl (C=O) groups is 1. The maximum absolute atomic E-state index is 11.7. The SMILES string of the molecule is CN(C)CCNC(=O)C(=NO)c1ccccc1. The second kappa shape index (κ2) is 6.65. The zero-order valence-electron chi connectivity index (χ0n) is 10.1. The van der Waals surface area contributed by atoms with Crippen molar-refractivity contribution in [2.45, 2.75) is 0 Å². The van der Waals surface area contributed by atoms with Crippen LogP contribution in [0, 0.1) is 0 Å². The van der Waals surface area contributed by atoms with Crippen LogP contribution in [0.1, 0.15) is 5.56 Å². The molecule has 17 heavy (non-hydrogen) atoms. The highest BCUT2D eigenvalue weighted by atomic mass is 16.4. The van der Waals surface area contributed by atoms with Gasteiger partial charge in [0, 0.05) is 18.7 Å². The molecule has 2 N–H and O–H groups in total. The van der Waals surface area contributed by atoms with E-state index in [0.717, 1.165) is 6.54 Å². The third-order valence-corrected chi connectivity index (χ3v) is 2.21. The van der Waals surface area contributed by atoms with E-state index in [1.54, 1.807) is 24.3 Å². The van der Waals surface area contributed by atoms with Gasteiger partial charge in [-0.15, -0.1) is 0 Å². The molecule has 5 heteroatoms. The minimum atomic E-state index is -0.374. The Morgan fingerprint density at radius 3 is 2.53 bits per heavy atom. The smallest absolute Gasteiger partial charge is 0.273 e. The molecule has 0 aliphatic rings. The van der Waals surface area contributed by atoms with E-state index in [1.165, 1.54) is 0 Å². The fourth-order valence-corrected chi connectivity index (χ4v) is 1.31. The first-order chi connectivity index (χ1) is 8.15. The highest BCUT2D eigenvalue weighted by Gasteiger charge is 2.13. The van der Waals surface area contributed by atoms with Crippen LogP contribution in [-0.4, -0.2) is 48.9 Å². The number of likely N-dealkylation sites (N-methyl/N-ethyl adjacent to an activating group) is 1. The van der Waals surface area contributed by atoms with Crippen molar-refractivity contribution in [3.05, 3.63) is 35.9 Å². The van der Waals surface area contributed by atoms with Crippen molar-refractivity contribution in [2.24, 2.45) is 5.16 Å². The van der Waals surface area contributed by atoms with E-state index < -0.39 is 0 Å². The fourth-order valence-electron chi connectivity index (χ4n) is 1.31. The fraction of sp³-hybridized carbons (Fsp3) is 0.333. The Bertz CT molecular complexity index is 388. The van der Waals surface area contributed by atoms with Gasteiger partial charge in [-0.25, -0.2) is 0 Å². The van der Waals surface area contributed by atoms with Crippen molar-refractivity contribution >= 4 is 11.6 Å². The number of rotatable bonds is 5. The molecule has 0 aliphatic heterocycles. The number of carbonyl (C=O) groups excluding carboxylic acids is 1. The highest BCUT2D eigenvalue weighted by molar-refractivity contribution is 6.45. The van der Waals surface area contributed by atoms with Gasteiger partial charge < -0.3 is 15.4 Å². The predicted octanol–water partition coefficient (Wildman–Crippen LogP) is 0.543. The molecule has 0 heterocycles. The summed E-state index contributed by atoms with van der Waals surface area (Å²) in [5.74, 6) is -0.374. The summed E-state index contributed by atoms with van der Waals surface area (Å²) >= 11 is 0. The molecule has 0 spiro atoms. The molecule has 1 aromatic carbocycles. The second-order valence-corrected chi connectivity index (χ2v) is 3.87. The summed E-state index contributed by atoms with van der Waals surface area (Å²) in [6, 6.07) is 8.85. The summed E-state index contributed by atoms with van der Waals surface area (Å²) in [6.07, 6.45) is 0. The van der Waals surface area contributed by atoms with E-state index in [-0.39, 0.29) is 11.6 Å². The quantitative estimate of drug-likeness (QED) is 0.445. The molecule has 0 unspecified atom stereocenters.